The van der Waals surface area contributed by atoms with E-state index in [1.165, 1.54) is 4.52 Å². The summed E-state index contributed by atoms with van der Waals surface area (Å²) in [6, 6.07) is 1.84. The van der Waals surface area contributed by atoms with Crippen LogP contribution < -0.4 is 5.56 Å². The van der Waals surface area contributed by atoms with Crippen molar-refractivity contribution in [3.63, 3.8) is 0 Å². The molecule has 2 aliphatic heterocycles. The highest BCUT2D eigenvalue weighted by atomic mass is 16.2. The molecule has 0 bridgehead atoms. The molecule has 0 radical (unpaired) electrons. The Morgan fingerprint density at radius 1 is 1.28 bits per heavy atom. The minimum Gasteiger partial charge on any atom is -0.338 e. The van der Waals surface area contributed by atoms with E-state index in [9.17, 15) is 14.4 Å². The molecular formula is C21H29N5O3. The summed E-state index contributed by atoms with van der Waals surface area (Å²) in [4.78, 5) is 46.3. The van der Waals surface area contributed by atoms with Crippen LogP contribution in [-0.2, 0) is 22.6 Å². The maximum Gasteiger partial charge on any atom is 0.277 e. The number of amides is 2. The van der Waals surface area contributed by atoms with Gasteiger partial charge in [-0.05, 0) is 19.3 Å². The van der Waals surface area contributed by atoms with Crippen LogP contribution in [0.3, 0.4) is 0 Å². The number of hydrogen-bond acceptors (Lipinski definition) is 4. The molecule has 4 rings (SSSR count). The molecule has 1 N–H and O–H groups in total. The lowest BCUT2D eigenvalue weighted by Crippen LogP contribution is -2.41. The summed E-state index contributed by atoms with van der Waals surface area (Å²) in [5, 5.41) is 3.21. The van der Waals surface area contributed by atoms with Crippen molar-refractivity contribution >= 4 is 17.5 Å². The fourth-order valence-corrected chi connectivity index (χ4v) is 4.46. The third-order valence-electron chi connectivity index (χ3n) is 6.08. The molecule has 2 aromatic heterocycles. The molecule has 29 heavy (non-hydrogen) atoms. The zero-order chi connectivity index (χ0) is 20.7. The molecule has 0 unspecified atom stereocenters. The van der Waals surface area contributed by atoms with Gasteiger partial charge in [0.2, 0.25) is 11.8 Å². The van der Waals surface area contributed by atoms with E-state index in [1.807, 2.05) is 31.7 Å². The summed E-state index contributed by atoms with van der Waals surface area (Å²) in [5.41, 5.74) is 2.65. The Labute approximate surface area is 169 Å². The molecule has 1 atom stereocenters. The fourth-order valence-electron chi connectivity index (χ4n) is 4.46. The predicted octanol–water partition coefficient (Wildman–Crippen LogP) is 2.03. The average Bonchev–Trinajstić information content (AvgIpc) is 3.16. The predicted molar refractivity (Wildman–Crippen MR) is 108 cm³/mol. The molecule has 4 heterocycles. The third-order valence-corrected chi connectivity index (χ3v) is 6.08. The van der Waals surface area contributed by atoms with Crippen molar-refractivity contribution in [2.45, 2.75) is 65.5 Å². The van der Waals surface area contributed by atoms with Gasteiger partial charge in [0.25, 0.3) is 5.56 Å². The highest BCUT2D eigenvalue weighted by Gasteiger charge is 2.31. The average molecular weight is 399 g/mol. The normalized spacial score (nSPS) is 19.7. The van der Waals surface area contributed by atoms with Crippen LogP contribution in [0.2, 0.25) is 0 Å². The Bertz CT molecular complexity index is 1010. The van der Waals surface area contributed by atoms with Crippen LogP contribution in [0.4, 0.5) is 0 Å². The molecule has 8 heteroatoms. The van der Waals surface area contributed by atoms with E-state index >= 15 is 0 Å². The van der Waals surface area contributed by atoms with Gasteiger partial charge in [-0.15, -0.1) is 0 Å². The maximum atomic E-state index is 13.1. The van der Waals surface area contributed by atoms with Crippen molar-refractivity contribution in [3.8, 4) is 0 Å². The molecule has 0 spiro atoms. The smallest absolute Gasteiger partial charge is 0.277 e. The summed E-state index contributed by atoms with van der Waals surface area (Å²) in [5.74, 6) is 0.134. The number of rotatable bonds is 3. The summed E-state index contributed by atoms with van der Waals surface area (Å²) in [6.07, 6.45) is 3.95. The Kier molecular flexibility index (Phi) is 5.19. The zero-order valence-corrected chi connectivity index (χ0v) is 17.4. The number of nitrogens with one attached hydrogen (secondary N) is 1. The lowest BCUT2D eigenvalue weighted by atomic mass is 9.97. The standard InChI is InChI=1S/C21H29N5O3/c1-4-19(27)24-10-8-15-14(12-24)21(29)26-18(22-15)11-16(23-26)17-7-5-6-9-25(17)20(28)13(2)3/h11,13,17,23H,4-10,12H2,1-3H3/t17-/m0/s1. The van der Waals surface area contributed by atoms with E-state index in [0.717, 1.165) is 37.2 Å². The van der Waals surface area contributed by atoms with Crippen LogP contribution >= 0.6 is 0 Å². The topological polar surface area (TPSA) is 90.8 Å². The molecular weight excluding hydrogens is 370 g/mol. The number of likely N-dealkylation sites (tertiary alicyclic amines) is 1. The number of nitrogens with zero attached hydrogens (tertiary/aromatic N) is 4. The van der Waals surface area contributed by atoms with Gasteiger partial charge in [-0.1, -0.05) is 20.8 Å². The number of fused-ring (bicyclic) bond motifs is 2. The van der Waals surface area contributed by atoms with Crippen LogP contribution in [-0.4, -0.2) is 49.3 Å². The van der Waals surface area contributed by atoms with Gasteiger partial charge in [-0.25, -0.2) is 9.50 Å². The van der Waals surface area contributed by atoms with E-state index < -0.39 is 0 Å². The van der Waals surface area contributed by atoms with Crippen LogP contribution in [0, 0.1) is 5.92 Å². The van der Waals surface area contributed by atoms with Crippen molar-refractivity contribution in [1.82, 2.24) is 24.4 Å². The number of aromatic amines is 1. The second-order valence-electron chi connectivity index (χ2n) is 8.36. The first-order valence-corrected chi connectivity index (χ1v) is 10.6. The van der Waals surface area contributed by atoms with Crippen molar-refractivity contribution < 1.29 is 9.59 Å². The lowest BCUT2D eigenvalue weighted by molar-refractivity contribution is -0.138. The van der Waals surface area contributed by atoms with Gasteiger partial charge in [0.15, 0.2) is 5.65 Å². The summed E-state index contributed by atoms with van der Waals surface area (Å²) in [7, 11) is 0. The Hall–Kier alpha value is -2.64. The molecule has 8 nitrogen and oxygen atoms in total. The highest BCUT2D eigenvalue weighted by Crippen LogP contribution is 2.31. The van der Waals surface area contributed by atoms with Gasteiger partial charge in [-0.2, -0.15) is 0 Å². The fraction of sp³-hybridized carbons (Fsp3) is 0.619. The van der Waals surface area contributed by atoms with Gasteiger partial charge in [0, 0.05) is 37.9 Å². The molecule has 1 saturated heterocycles. The Morgan fingerprint density at radius 3 is 2.79 bits per heavy atom. The van der Waals surface area contributed by atoms with E-state index in [-0.39, 0.29) is 29.3 Å². The summed E-state index contributed by atoms with van der Waals surface area (Å²) >= 11 is 0. The van der Waals surface area contributed by atoms with Crippen LogP contribution in [0.1, 0.15) is 69.4 Å². The van der Waals surface area contributed by atoms with Gasteiger partial charge < -0.3 is 9.80 Å². The monoisotopic (exact) mass is 399 g/mol. The first-order chi connectivity index (χ1) is 13.9. The maximum absolute atomic E-state index is 13.1. The first kappa shape index (κ1) is 19.7. The SMILES string of the molecule is CCC(=O)N1CCc2nc3cc([C@@H]4CCCCN4C(=O)C(C)C)[nH]n3c(=O)c2C1. The van der Waals surface area contributed by atoms with E-state index in [1.54, 1.807) is 4.90 Å². The molecule has 2 aromatic rings. The number of H-pyrrole nitrogens is 1. The molecule has 2 amide bonds. The number of piperidine rings is 1. The first-order valence-electron chi connectivity index (χ1n) is 10.6. The largest absolute Gasteiger partial charge is 0.338 e. The minimum absolute atomic E-state index is 0.0531. The summed E-state index contributed by atoms with van der Waals surface area (Å²) < 4.78 is 1.47. The summed E-state index contributed by atoms with van der Waals surface area (Å²) in [6.45, 7) is 7.32. The molecule has 0 saturated carbocycles. The minimum atomic E-state index is -0.151. The van der Waals surface area contributed by atoms with Gasteiger partial charge in [-0.3, -0.25) is 19.5 Å². The Balaban J connectivity index is 1.72. The quantitative estimate of drug-likeness (QED) is 0.855. The zero-order valence-electron chi connectivity index (χ0n) is 17.4. The molecule has 0 aromatic carbocycles. The molecule has 0 aliphatic carbocycles. The van der Waals surface area contributed by atoms with Gasteiger partial charge in [0.05, 0.1) is 29.5 Å². The van der Waals surface area contributed by atoms with Crippen LogP contribution in [0.15, 0.2) is 10.9 Å². The number of aromatic nitrogens is 3. The third kappa shape index (κ3) is 3.45. The molecule has 1 fully saturated rings. The van der Waals surface area contributed by atoms with Crippen molar-refractivity contribution in [2.75, 3.05) is 13.1 Å². The highest BCUT2D eigenvalue weighted by molar-refractivity contribution is 5.78. The molecule has 2 aliphatic rings. The second kappa shape index (κ2) is 7.65. The molecule has 156 valence electrons. The number of carbonyl (C=O) groups excluding carboxylic acids is 2. The second-order valence-corrected chi connectivity index (χ2v) is 8.36. The van der Waals surface area contributed by atoms with Gasteiger partial charge >= 0.3 is 0 Å². The van der Waals surface area contributed by atoms with E-state index in [2.05, 4.69) is 5.10 Å². The van der Waals surface area contributed by atoms with Gasteiger partial charge in [0.1, 0.15) is 0 Å². The number of hydrogen-bond donors (Lipinski definition) is 1. The number of carbonyl (C=O) groups is 2. The van der Waals surface area contributed by atoms with E-state index in [0.29, 0.717) is 37.1 Å². The lowest BCUT2D eigenvalue weighted by Gasteiger charge is -2.36. The van der Waals surface area contributed by atoms with Crippen molar-refractivity contribution in [1.29, 1.82) is 0 Å². The van der Waals surface area contributed by atoms with Crippen LogP contribution in [0.5, 0.6) is 0 Å². The van der Waals surface area contributed by atoms with Crippen LogP contribution in [0.25, 0.3) is 5.65 Å². The Morgan fingerprint density at radius 2 is 2.07 bits per heavy atom. The van der Waals surface area contributed by atoms with Crippen molar-refractivity contribution in [3.05, 3.63) is 33.4 Å². The van der Waals surface area contributed by atoms with Crippen molar-refractivity contribution in [2.24, 2.45) is 5.92 Å². The van der Waals surface area contributed by atoms with E-state index in [4.69, 9.17) is 4.98 Å².